The van der Waals surface area contributed by atoms with Crippen LogP contribution in [0.5, 0.6) is 0 Å². The van der Waals surface area contributed by atoms with Gasteiger partial charge in [-0.1, -0.05) is 4.49 Å². The largest absolute Gasteiger partial charge is 0.370 e. The molecule has 13 heavy (non-hydrogen) atoms. The highest BCUT2D eigenvalue weighted by Crippen LogP contribution is 2.10. The fourth-order valence-electron chi connectivity index (χ4n) is 0.935. The van der Waals surface area contributed by atoms with E-state index < -0.39 is 0 Å². The van der Waals surface area contributed by atoms with Crippen LogP contribution in [0.3, 0.4) is 0 Å². The average molecular weight is 192 g/mol. The lowest BCUT2D eigenvalue weighted by atomic mass is 10.3. The molecule has 0 radical (unpaired) electrons. The molecule has 0 atom stereocenters. The molecule has 0 unspecified atom stereocenters. The van der Waals surface area contributed by atoms with Crippen molar-refractivity contribution in [3.8, 4) is 0 Å². The molecule has 0 bridgehead atoms. The van der Waals surface area contributed by atoms with Gasteiger partial charge in [0.25, 0.3) is 0 Å². The summed E-state index contributed by atoms with van der Waals surface area (Å²) in [7, 11) is 0. The van der Waals surface area contributed by atoms with Gasteiger partial charge in [0.15, 0.2) is 0 Å². The minimum absolute atomic E-state index is 0.784. The summed E-state index contributed by atoms with van der Waals surface area (Å²) in [4.78, 5) is 3.94. The van der Waals surface area contributed by atoms with Crippen LogP contribution in [0, 0.1) is 0 Å². The van der Waals surface area contributed by atoms with E-state index >= 15 is 0 Å². The Morgan fingerprint density at radius 3 is 2.85 bits per heavy atom. The lowest BCUT2D eigenvalue weighted by Crippen LogP contribution is -1.96. The predicted octanol–water partition coefficient (Wildman–Crippen LogP) is 1.55. The summed E-state index contributed by atoms with van der Waals surface area (Å²) in [5.41, 5.74) is 1.20. The van der Waals surface area contributed by atoms with Crippen molar-refractivity contribution in [2.75, 3.05) is 5.32 Å². The van der Waals surface area contributed by atoms with Crippen molar-refractivity contribution in [1.29, 1.82) is 0 Å². The Morgan fingerprint density at radius 1 is 1.31 bits per heavy atom. The standard InChI is InChI=1S/C8H8N4S/c1-3-9-4-2-7(1)5-10-8-6-11-12-13-8/h1-4,6,10H,5H2. The zero-order valence-electron chi connectivity index (χ0n) is 6.84. The van der Waals surface area contributed by atoms with E-state index in [-0.39, 0.29) is 0 Å². The summed E-state index contributed by atoms with van der Waals surface area (Å²) in [5, 5.41) is 7.92. The Morgan fingerprint density at radius 2 is 2.15 bits per heavy atom. The molecule has 0 aromatic carbocycles. The maximum Gasteiger partial charge on any atom is 0.130 e. The number of hydrogen-bond donors (Lipinski definition) is 1. The van der Waals surface area contributed by atoms with Crippen molar-refractivity contribution in [3.63, 3.8) is 0 Å². The molecule has 0 fully saturated rings. The highest BCUT2D eigenvalue weighted by Gasteiger charge is 1.94. The van der Waals surface area contributed by atoms with Crippen LogP contribution in [0.2, 0.25) is 0 Å². The van der Waals surface area contributed by atoms with Gasteiger partial charge in [-0.2, -0.15) is 0 Å². The summed E-state index contributed by atoms with van der Waals surface area (Å²) in [6.45, 7) is 0.784. The second kappa shape index (κ2) is 3.95. The van der Waals surface area contributed by atoms with Gasteiger partial charge in [-0.3, -0.25) is 4.98 Å². The Labute approximate surface area is 79.8 Å². The van der Waals surface area contributed by atoms with Crippen molar-refractivity contribution < 1.29 is 0 Å². The molecule has 2 rings (SSSR count). The Bertz CT molecular complexity index is 346. The molecule has 4 nitrogen and oxygen atoms in total. The third-order valence-electron chi connectivity index (χ3n) is 1.58. The molecular weight excluding hydrogens is 184 g/mol. The average Bonchev–Trinajstić information content (AvgIpc) is 2.69. The van der Waals surface area contributed by atoms with E-state index in [1.807, 2.05) is 12.1 Å². The van der Waals surface area contributed by atoms with E-state index in [0.717, 1.165) is 11.5 Å². The van der Waals surface area contributed by atoms with E-state index in [1.165, 1.54) is 17.1 Å². The maximum atomic E-state index is 3.94. The van der Waals surface area contributed by atoms with Crippen LogP contribution in [-0.2, 0) is 6.54 Å². The van der Waals surface area contributed by atoms with Crippen LogP contribution in [0.15, 0.2) is 30.7 Å². The van der Waals surface area contributed by atoms with Crippen molar-refractivity contribution in [1.82, 2.24) is 14.6 Å². The van der Waals surface area contributed by atoms with Gasteiger partial charge >= 0.3 is 0 Å². The molecule has 2 heterocycles. The number of nitrogens with one attached hydrogen (secondary N) is 1. The van der Waals surface area contributed by atoms with Gasteiger partial charge in [0, 0.05) is 30.5 Å². The molecule has 0 saturated heterocycles. The first-order valence-corrected chi connectivity index (χ1v) is 4.62. The van der Waals surface area contributed by atoms with Gasteiger partial charge in [0.1, 0.15) is 5.00 Å². The second-order valence-corrected chi connectivity index (χ2v) is 3.28. The van der Waals surface area contributed by atoms with E-state index in [0.29, 0.717) is 0 Å². The predicted molar refractivity (Wildman–Crippen MR) is 51.5 cm³/mol. The van der Waals surface area contributed by atoms with Crippen LogP contribution in [-0.4, -0.2) is 14.6 Å². The molecule has 0 aliphatic rings. The molecule has 0 aliphatic heterocycles. The summed E-state index contributed by atoms with van der Waals surface area (Å²) in [6, 6.07) is 3.95. The van der Waals surface area contributed by atoms with Gasteiger partial charge in [0.05, 0.1) is 6.20 Å². The van der Waals surface area contributed by atoms with Crippen LogP contribution in [0.1, 0.15) is 5.56 Å². The normalized spacial score (nSPS) is 9.85. The zero-order chi connectivity index (χ0) is 8.93. The molecule has 5 heteroatoms. The highest BCUT2D eigenvalue weighted by molar-refractivity contribution is 7.09. The fourth-order valence-corrected chi connectivity index (χ4v) is 1.35. The molecule has 0 spiro atoms. The lowest BCUT2D eigenvalue weighted by molar-refractivity contribution is 1.12. The lowest BCUT2D eigenvalue weighted by Gasteiger charge is -2.00. The Hall–Kier alpha value is -1.49. The van der Waals surface area contributed by atoms with Gasteiger partial charge in [0.2, 0.25) is 0 Å². The number of rotatable bonds is 3. The van der Waals surface area contributed by atoms with Crippen molar-refractivity contribution in [2.24, 2.45) is 0 Å². The minimum Gasteiger partial charge on any atom is -0.370 e. The Balaban J connectivity index is 1.94. The van der Waals surface area contributed by atoms with Gasteiger partial charge < -0.3 is 5.32 Å². The fraction of sp³-hybridized carbons (Fsp3) is 0.125. The zero-order valence-corrected chi connectivity index (χ0v) is 7.66. The van der Waals surface area contributed by atoms with Crippen LogP contribution < -0.4 is 5.32 Å². The molecule has 66 valence electrons. The monoisotopic (exact) mass is 192 g/mol. The number of aromatic nitrogens is 3. The van der Waals surface area contributed by atoms with Gasteiger partial charge in [-0.05, 0) is 17.7 Å². The maximum absolute atomic E-state index is 3.94. The molecule has 1 N–H and O–H groups in total. The van der Waals surface area contributed by atoms with Crippen molar-refractivity contribution >= 4 is 16.5 Å². The topological polar surface area (TPSA) is 50.7 Å². The molecule has 2 aromatic heterocycles. The minimum atomic E-state index is 0.784. The molecule has 0 saturated carbocycles. The van der Waals surface area contributed by atoms with Crippen molar-refractivity contribution in [2.45, 2.75) is 6.54 Å². The van der Waals surface area contributed by atoms with E-state index in [9.17, 15) is 0 Å². The quantitative estimate of drug-likeness (QED) is 0.801. The number of anilines is 1. The summed E-state index contributed by atoms with van der Waals surface area (Å²) in [5.74, 6) is 0. The van der Waals surface area contributed by atoms with E-state index in [2.05, 4.69) is 19.9 Å². The molecule has 2 aromatic rings. The van der Waals surface area contributed by atoms with E-state index in [4.69, 9.17) is 0 Å². The first-order valence-electron chi connectivity index (χ1n) is 3.85. The third kappa shape index (κ3) is 2.22. The van der Waals surface area contributed by atoms with Crippen LogP contribution in [0.4, 0.5) is 5.00 Å². The van der Waals surface area contributed by atoms with Crippen LogP contribution in [0.25, 0.3) is 0 Å². The summed E-state index contributed by atoms with van der Waals surface area (Å²) in [6.07, 6.45) is 5.27. The SMILES string of the molecule is c1cc(CNc2cnns2)ccn1. The van der Waals surface area contributed by atoms with E-state index in [1.54, 1.807) is 18.6 Å². The van der Waals surface area contributed by atoms with Crippen LogP contribution >= 0.6 is 11.5 Å². The Kier molecular flexibility index (Phi) is 2.47. The van der Waals surface area contributed by atoms with Gasteiger partial charge in [-0.15, -0.1) is 5.10 Å². The smallest absolute Gasteiger partial charge is 0.130 e. The summed E-state index contributed by atoms with van der Waals surface area (Å²) < 4.78 is 3.75. The van der Waals surface area contributed by atoms with Gasteiger partial charge in [-0.25, -0.2) is 0 Å². The van der Waals surface area contributed by atoms with Crippen molar-refractivity contribution in [3.05, 3.63) is 36.3 Å². The number of pyridine rings is 1. The first-order chi connectivity index (χ1) is 6.45. The molecular formula is C8H8N4S. The first kappa shape index (κ1) is 8.12. The molecule has 0 amide bonds. The highest BCUT2D eigenvalue weighted by atomic mass is 32.1. The second-order valence-electron chi connectivity index (χ2n) is 2.49. The molecule has 0 aliphatic carbocycles. The third-order valence-corrected chi connectivity index (χ3v) is 2.20. The number of hydrogen-bond acceptors (Lipinski definition) is 5. The summed E-state index contributed by atoms with van der Waals surface area (Å²) >= 11 is 1.35. The number of nitrogens with zero attached hydrogens (tertiary/aromatic N) is 3.